The number of rotatable bonds is 6. The number of nitrogens with zero attached hydrogens (tertiary/aromatic N) is 5. The van der Waals surface area contributed by atoms with Crippen molar-refractivity contribution >= 4 is 27.4 Å². The van der Waals surface area contributed by atoms with Crippen LogP contribution in [0.5, 0.6) is 0 Å². The van der Waals surface area contributed by atoms with Gasteiger partial charge in [0.05, 0.1) is 24.2 Å². The molecule has 5 nitrogen and oxygen atoms in total. The molecule has 0 bridgehead atoms. The Morgan fingerprint density at radius 3 is 2.39 bits per heavy atom. The highest BCUT2D eigenvalue weighted by Gasteiger charge is 2.18. The van der Waals surface area contributed by atoms with E-state index in [1.807, 2.05) is 44.6 Å². The average Bonchev–Trinajstić information content (AvgIpc) is 3.12. The van der Waals surface area contributed by atoms with E-state index in [-0.39, 0.29) is 0 Å². The average molecular weight is 390 g/mol. The number of aromatic nitrogens is 3. The first-order chi connectivity index (χ1) is 13.6. The van der Waals surface area contributed by atoms with Crippen LogP contribution in [-0.2, 0) is 13.1 Å². The van der Waals surface area contributed by atoms with Gasteiger partial charge in [-0.05, 0) is 31.8 Å². The monoisotopic (exact) mass is 389 g/mol. The van der Waals surface area contributed by atoms with Gasteiger partial charge in [-0.15, -0.1) is 11.3 Å². The van der Waals surface area contributed by atoms with E-state index in [2.05, 4.69) is 51.5 Å². The molecule has 1 aromatic carbocycles. The highest BCUT2D eigenvalue weighted by molar-refractivity contribution is 7.17. The highest BCUT2D eigenvalue weighted by Crippen LogP contribution is 2.38. The van der Waals surface area contributed by atoms with Gasteiger partial charge < -0.3 is 9.80 Å². The van der Waals surface area contributed by atoms with E-state index in [0.29, 0.717) is 13.1 Å². The Bertz CT molecular complexity index is 1060. The van der Waals surface area contributed by atoms with Gasteiger partial charge in [-0.25, -0.2) is 9.97 Å². The summed E-state index contributed by atoms with van der Waals surface area (Å²) in [5.74, 6) is 1.79. The third-order valence-electron chi connectivity index (χ3n) is 4.49. The van der Waals surface area contributed by atoms with Gasteiger partial charge in [-0.2, -0.15) is 0 Å². The number of hydrogen-bond acceptors (Lipinski definition) is 6. The smallest absolute Gasteiger partial charge is 0.146 e. The lowest BCUT2D eigenvalue weighted by Crippen LogP contribution is -2.21. The van der Waals surface area contributed by atoms with Crippen molar-refractivity contribution in [3.63, 3.8) is 0 Å². The molecule has 0 spiro atoms. The molecule has 6 heteroatoms. The summed E-state index contributed by atoms with van der Waals surface area (Å²) in [5.41, 5.74) is 3.38. The molecular formula is C22H23N5S. The molecular weight excluding hydrogens is 366 g/mol. The second-order valence-electron chi connectivity index (χ2n) is 7.07. The first-order valence-electron chi connectivity index (χ1n) is 9.21. The Morgan fingerprint density at radius 1 is 0.893 bits per heavy atom. The summed E-state index contributed by atoms with van der Waals surface area (Å²) in [4.78, 5) is 19.5. The molecule has 0 saturated heterocycles. The highest BCUT2D eigenvalue weighted by atomic mass is 32.1. The van der Waals surface area contributed by atoms with Gasteiger partial charge >= 0.3 is 0 Å². The standard InChI is InChI=1S/C22H23N5S/c1-26(2)14-19-24-21(27(3)13-17-11-7-8-12-23-17)20-18(15-28-22(20)25-19)16-9-5-4-6-10-16/h4-12,15H,13-14H2,1-3H3. The van der Waals surface area contributed by atoms with Crippen molar-refractivity contribution < 1.29 is 0 Å². The van der Waals surface area contributed by atoms with Crippen LogP contribution in [0.1, 0.15) is 11.5 Å². The number of thiophene rings is 1. The summed E-state index contributed by atoms with van der Waals surface area (Å²) < 4.78 is 0. The fourth-order valence-electron chi connectivity index (χ4n) is 3.24. The van der Waals surface area contributed by atoms with E-state index in [4.69, 9.17) is 9.97 Å². The fourth-order valence-corrected chi connectivity index (χ4v) is 4.20. The number of fused-ring (bicyclic) bond motifs is 1. The van der Waals surface area contributed by atoms with E-state index in [1.54, 1.807) is 11.3 Å². The maximum atomic E-state index is 4.95. The Hall–Kier alpha value is -2.83. The van der Waals surface area contributed by atoms with Crippen molar-refractivity contribution in [2.45, 2.75) is 13.1 Å². The molecule has 3 heterocycles. The van der Waals surface area contributed by atoms with Crippen LogP contribution >= 0.6 is 11.3 Å². The van der Waals surface area contributed by atoms with Crippen LogP contribution < -0.4 is 4.90 Å². The molecule has 0 aliphatic rings. The van der Waals surface area contributed by atoms with E-state index < -0.39 is 0 Å². The van der Waals surface area contributed by atoms with Crippen molar-refractivity contribution in [3.05, 3.63) is 71.6 Å². The van der Waals surface area contributed by atoms with Gasteiger partial charge in [-0.3, -0.25) is 4.98 Å². The van der Waals surface area contributed by atoms with Gasteiger partial charge in [0.15, 0.2) is 0 Å². The van der Waals surface area contributed by atoms with E-state index >= 15 is 0 Å². The molecule has 0 fully saturated rings. The molecule has 4 aromatic rings. The molecule has 0 radical (unpaired) electrons. The summed E-state index contributed by atoms with van der Waals surface area (Å²) in [6.07, 6.45) is 1.83. The van der Waals surface area contributed by atoms with Crippen LogP contribution in [0.15, 0.2) is 60.1 Å². The molecule has 0 amide bonds. The third kappa shape index (κ3) is 3.88. The maximum Gasteiger partial charge on any atom is 0.146 e. The molecule has 28 heavy (non-hydrogen) atoms. The minimum Gasteiger partial charge on any atom is -0.353 e. The second-order valence-corrected chi connectivity index (χ2v) is 7.93. The molecule has 142 valence electrons. The van der Waals surface area contributed by atoms with E-state index in [1.165, 1.54) is 11.1 Å². The largest absolute Gasteiger partial charge is 0.353 e. The first-order valence-corrected chi connectivity index (χ1v) is 10.1. The third-order valence-corrected chi connectivity index (χ3v) is 5.36. The fraction of sp³-hybridized carbons (Fsp3) is 0.227. The maximum absolute atomic E-state index is 4.95. The molecule has 0 unspecified atom stereocenters. The van der Waals surface area contributed by atoms with Gasteiger partial charge in [0.25, 0.3) is 0 Å². The number of pyridine rings is 1. The normalized spacial score (nSPS) is 11.3. The quantitative estimate of drug-likeness (QED) is 0.487. The summed E-state index contributed by atoms with van der Waals surface area (Å²) in [7, 11) is 6.14. The van der Waals surface area contributed by atoms with Crippen LogP contribution in [-0.4, -0.2) is 41.0 Å². The van der Waals surface area contributed by atoms with Crippen LogP contribution in [0.4, 0.5) is 5.82 Å². The lowest BCUT2D eigenvalue weighted by Gasteiger charge is -2.21. The number of anilines is 1. The van der Waals surface area contributed by atoms with Crippen LogP contribution in [0.3, 0.4) is 0 Å². The zero-order valence-corrected chi connectivity index (χ0v) is 17.1. The lowest BCUT2D eigenvalue weighted by atomic mass is 10.1. The summed E-state index contributed by atoms with van der Waals surface area (Å²) in [5, 5.41) is 3.30. The number of hydrogen-bond donors (Lipinski definition) is 0. The van der Waals surface area contributed by atoms with Crippen LogP contribution in [0.25, 0.3) is 21.3 Å². The van der Waals surface area contributed by atoms with Crippen molar-refractivity contribution in [2.75, 3.05) is 26.0 Å². The van der Waals surface area contributed by atoms with Gasteiger partial charge in [0, 0.05) is 24.2 Å². The van der Waals surface area contributed by atoms with Gasteiger partial charge in [0.1, 0.15) is 16.5 Å². The SMILES string of the molecule is CN(C)Cc1nc(N(C)Cc2ccccn2)c2c(-c3ccccc3)csc2n1. The summed E-state index contributed by atoms with van der Waals surface area (Å²) in [6, 6.07) is 16.4. The second kappa shape index (κ2) is 8.04. The molecule has 4 rings (SSSR count). The van der Waals surface area contributed by atoms with Gasteiger partial charge in [-0.1, -0.05) is 36.4 Å². The molecule has 0 N–H and O–H groups in total. The lowest BCUT2D eigenvalue weighted by molar-refractivity contribution is 0.391. The Balaban J connectivity index is 1.84. The molecule has 0 aliphatic carbocycles. The van der Waals surface area contributed by atoms with E-state index in [9.17, 15) is 0 Å². The first kappa shape index (κ1) is 18.5. The van der Waals surface area contributed by atoms with Crippen molar-refractivity contribution in [2.24, 2.45) is 0 Å². The topological polar surface area (TPSA) is 45.2 Å². The molecule has 3 aromatic heterocycles. The molecule has 0 saturated carbocycles. The predicted molar refractivity (Wildman–Crippen MR) is 117 cm³/mol. The summed E-state index contributed by atoms with van der Waals surface area (Å²) in [6.45, 7) is 1.40. The van der Waals surface area contributed by atoms with Gasteiger partial charge in [0.2, 0.25) is 0 Å². The van der Waals surface area contributed by atoms with E-state index in [0.717, 1.165) is 27.6 Å². The number of benzene rings is 1. The van der Waals surface area contributed by atoms with Crippen molar-refractivity contribution in [1.82, 2.24) is 19.9 Å². The molecule has 0 atom stereocenters. The van der Waals surface area contributed by atoms with Crippen LogP contribution in [0.2, 0.25) is 0 Å². The Kier molecular flexibility index (Phi) is 5.32. The zero-order chi connectivity index (χ0) is 19.5. The Labute approximate surface area is 169 Å². The molecule has 0 aliphatic heterocycles. The summed E-state index contributed by atoms with van der Waals surface area (Å²) >= 11 is 1.68. The van der Waals surface area contributed by atoms with Crippen molar-refractivity contribution in [1.29, 1.82) is 0 Å². The predicted octanol–water partition coefficient (Wildman–Crippen LogP) is 4.45. The Morgan fingerprint density at radius 2 is 1.68 bits per heavy atom. The zero-order valence-electron chi connectivity index (χ0n) is 16.3. The minimum absolute atomic E-state index is 0.693. The van der Waals surface area contributed by atoms with Crippen LogP contribution in [0, 0.1) is 0 Å². The minimum atomic E-state index is 0.693. The van der Waals surface area contributed by atoms with Crippen molar-refractivity contribution in [3.8, 4) is 11.1 Å².